The highest BCUT2D eigenvalue weighted by atomic mass is 16.2. The molecular formula is C25H40N4O. The average molecular weight is 413 g/mol. The molecule has 1 aromatic carbocycles. The maximum atomic E-state index is 13.1. The summed E-state index contributed by atoms with van der Waals surface area (Å²) in [6.45, 7) is 13.5. The Labute approximate surface area is 182 Å². The van der Waals surface area contributed by atoms with Crippen molar-refractivity contribution in [1.82, 2.24) is 19.4 Å². The van der Waals surface area contributed by atoms with E-state index in [4.69, 9.17) is 4.98 Å². The Bertz CT molecular complexity index is 797. The molecule has 1 aliphatic heterocycles. The summed E-state index contributed by atoms with van der Waals surface area (Å²) in [5, 5.41) is 0. The van der Waals surface area contributed by atoms with Gasteiger partial charge in [-0.15, -0.1) is 0 Å². The number of hydrogen-bond donors (Lipinski definition) is 0. The van der Waals surface area contributed by atoms with Crippen LogP contribution in [0, 0.1) is 5.92 Å². The van der Waals surface area contributed by atoms with E-state index >= 15 is 0 Å². The predicted molar refractivity (Wildman–Crippen MR) is 125 cm³/mol. The predicted octanol–water partition coefficient (Wildman–Crippen LogP) is 5.26. The molecular weight excluding hydrogens is 372 g/mol. The Morgan fingerprint density at radius 1 is 1.10 bits per heavy atom. The second-order valence-electron chi connectivity index (χ2n) is 9.06. The first-order valence-corrected chi connectivity index (χ1v) is 12.0. The molecule has 1 fully saturated rings. The molecule has 1 amide bonds. The van der Waals surface area contributed by atoms with Crippen LogP contribution in [0.1, 0.15) is 78.1 Å². The molecule has 166 valence electrons. The van der Waals surface area contributed by atoms with Gasteiger partial charge in [0.1, 0.15) is 5.82 Å². The number of fused-ring (bicyclic) bond motifs is 1. The first-order chi connectivity index (χ1) is 14.5. The zero-order valence-corrected chi connectivity index (χ0v) is 19.4. The number of rotatable bonds is 10. The Hall–Kier alpha value is -1.88. The quantitative estimate of drug-likeness (QED) is 0.535. The lowest BCUT2D eigenvalue weighted by Gasteiger charge is -2.34. The summed E-state index contributed by atoms with van der Waals surface area (Å²) in [5.41, 5.74) is 2.30. The van der Waals surface area contributed by atoms with Crippen molar-refractivity contribution in [2.75, 3.05) is 26.2 Å². The molecule has 0 spiro atoms. The van der Waals surface area contributed by atoms with Crippen molar-refractivity contribution in [3.63, 3.8) is 0 Å². The number of carbonyl (C=O) groups is 1. The monoisotopic (exact) mass is 412 g/mol. The third-order valence-corrected chi connectivity index (χ3v) is 6.36. The molecule has 0 bridgehead atoms. The summed E-state index contributed by atoms with van der Waals surface area (Å²) >= 11 is 0. The molecule has 1 saturated heterocycles. The zero-order chi connectivity index (χ0) is 21.5. The Morgan fingerprint density at radius 2 is 1.73 bits per heavy atom. The minimum absolute atomic E-state index is 0.193. The van der Waals surface area contributed by atoms with Crippen molar-refractivity contribution in [2.24, 2.45) is 5.92 Å². The standard InChI is InChI=1S/C25H40N4O/c1-5-7-15-28(16-8-6-2)25(30)21-13-17-27(18-14-21)19-24-26-22-11-9-10-12-23(22)29(24)20(3)4/h9-12,20-21H,5-8,13-19H2,1-4H3. The molecule has 0 atom stereocenters. The van der Waals surface area contributed by atoms with Crippen molar-refractivity contribution in [2.45, 2.75) is 78.8 Å². The molecule has 5 nitrogen and oxygen atoms in total. The van der Waals surface area contributed by atoms with Crippen LogP contribution in [0.2, 0.25) is 0 Å². The topological polar surface area (TPSA) is 41.4 Å². The van der Waals surface area contributed by atoms with E-state index in [1.807, 2.05) is 0 Å². The smallest absolute Gasteiger partial charge is 0.225 e. The molecule has 0 radical (unpaired) electrons. The summed E-state index contributed by atoms with van der Waals surface area (Å²) in [6, 6.07) is 8.80. The van der Waals surface area contributed by atoms with Gasteiger partial charge in [0.2, 0.25) is 5.91 Å². The van der Waals surface area contributed by atoms with Gasteiger partial charge in [-0.25, -0.2) is 4.98 Å². The van der Waals surface area contributed by atoms with Crippen LogP contribution in [0.3, 0.4) is 0 Å². The van der Waals surface area contributed by atoms with Crippen LogP contribution in [-0.2, 0) is 11.3 Å². The van der Waals surface area contributed by atoms with Crippen LogP contribution in [-0.4, -0.2) is 51.4 Å². The van der Waals surface area contributed by atoms with E-state index in [0.29, 0.717) is 11.9 Å². The van der Waals surface area contributed by atoms with E-state index in [9.17, 15) is 4.79 Å². The highest BCUT2D eigenvalue weighted by molar-refractivity contribution is 5.79. The summed E-state index contributed by atoms with van der Waals surface area (Å²) < 4.78 is 2.36. The normalized spacial score (nSPS) is 15.9. The Morgan fingerprint density at radius 3 is 2.33 bits per heavy atom. The molecule has 2 aromatic rings. The zero-order valence-electron chi connectivity index (χ0n) is 19.4. The van der Waals surface area contributed by atoms with E-state index in [1.54, 1.807) is 0 Å². The Balaban J connectivity index is 1.61. The van der Waals surface area contributed by atoms with Crippen LogP contribution < -0.4 is 0 Å². The number of amides is 1. The number of para-hydroxylation sites is 2. The minimum atomic E-state index is 0.193. The van der Waals surface area contributed by atoms with Crippen molar-refractivity contribution in [3.05, 3.63) is 30.1 Å². The maximum Gasteiger partial charge on any atom is 0.225 e. The lowest BCUT2D eigenvalue weighted by atomic mass is 9.95. The number of unbranched alkanes of at least 4 members (excludes halogenated alkanes) is 2. The highest BCUT2D eigenvalue weighted by Gasteiger charge is 2.29. The molecule has 3 rings (SSSR count). The number of piperidine rings is 1. The highest BCUT2D eigenvalue weighted by Crippen LogP contribution is 2.25. The fourth-order valence-electron chi connectivity index (χ4n) is 4.61. The van der Waals surface area contributed by atoms with Crippen molar-refractivity contribution in [1.29, 1.82) is 0 Å². The van der Waals surface area contributed by atoms with E-state index in [2.05, 4.69) is 66.3 Å². The Kier molecular flexibility index (Phi) is 8.32. The molecule has 0 saturated carbocycles. The third kappa shape index (κ3) is 5.42. The number of imidazole rings is 1. The number of benzene rings is 1. The van der Waals surface area contributed by atoms with Crippen molar-refractivity contribution >= 4 is 16.9 Å². The molecule has 1 aliphatic rings. The van der Waals surface area contributed by atoms with Gasteiger partial charge in [-0.2, -0.15) is 0 Å². The van der Waals surface area contributed by atoms with Gasteiger partial charge in [0.25, 0.3) is 0 Å². The van der Waals surface area contributed by atoms with Gasteiger partial charge in [0, 0.05) is 25.0 Å². The fraction of sp³-hybridized carbons (Fsp3) is 0.680. The van der Waals surface area contributed by atoms with Gasteiger partial charge >= 0.3 is 0 Å². The molecule has 5 heteroatoms. The minimum Gasteiger partial charge on any atom is -0.342 e. The molecule has 30 heavy (non-hydrogen) atoms. The summed E-state index contributed by atoms with van der Waals surface area (Å²) in [5.74, 6) is 1.73. The lowest BCUT2D eigenvalue weighted by molar-refractivity contribution is -0.137. The number of carbonyl (C=O) groups excluding carboxylic acids is 1. The summed E-state index contributed by atoms with van der Waals surface area (Å²) in [7, 11) is 0. The largest absolute Gasteiger partial charge is 0.342 e. The first kappa shape index (κ1) is 22.8. The van der Waals surface area contributed by atoms with E-state index in [-0.39, 0.29) is 5.92 Å². The van der Waals surface area contributed by atoms with Crippen molar-refractivity contribution in [3.8, 4) is 0 Å². The van der Waals surface area contributed by atoms with Gasteiger partial charge < -0.3 is 9.47 Å². The number of aromatic nitrogens is 2. The van der Waals surface area contributed by atoms with E-state index < -0.39 is 0 Å². The SMILES string of the molecule is CCCCN(CCCC)C(=O)C1CCN(Cc2nc3ccccc3n2C(C)C)CC1. The van der Waals surface area contributed by atoms with Crippen molar-refractivity contribution < 1.29 is 4.79 Å². The average Bonchev–Trinajstić information content (AvgIpc) is 3.12. The first-order valence-electron chi connectivity index (χ1n) is 12.0. The van der Waals surface area contributed by atoms with Crippen LogP contribution >= 0.6 is 0 Å². The number of hydrogen-bond acceptors (Lipinski definition) is 3. The van der Waals surface area contributed by atoms with Crippen LogP contribution in [0.4, 0.5) is 0 Å². The molecule has 0 aliphatic carbocycles. The van der Waals surface area contributed by atoms with Gasteiger partial charge in [0.15, 0.2) is 0 Å². The van der Waals surface area contributed by atoms with E-state index in [1.165, 1.54) is 5.52 Å². The summed E-state index contributed by atoms with van der Waals surface area (Å²) in [4.78, 5) is 22.7. The molecule has 2 heterocycles. The van der Waals surface area contributed by atoms with E-state index in [0.717, 1.165) is 82.6 Å². The molecule has 0 unspecified atom stereocenters. The van der Waals surface area contributed by atoms with Gasteiger partial charge in [0.05, 0.1) is 17.6 Å². The fourth-order valence-corrected chi connectivity index (χ4v) is 4.61. The molecule has 0 N–H and O–H groups in total. The van der Waals surface area contributed by atoms with Gasteiger partial charge in [-0.05, 0) is 64.8 Å². The summed E-state index contributed by atoms with van der Waals surface area (Å²) in [6.07, 6.45) is 6.45. The van der Waals surface area contributed by atoms with Gasteiger partial charge in [-0.3, -0.25) is 9.69 Å². The van der Waals surface area contributed by atoms with Crippen LogP contribution in [0.15, 0.2) is 24.3 Å². The molecule has 1 aromatic heterocycles. The second-order valence-corrected chi connectivity index (χ2v) is 9.06. The van der Waals surface area contributed by atoms with Crippen LogP contribution in [0.25, 0.3) is 11.0 Å². The third-order valence-electron chi connectivity index (χ3n) is 6.36. The number of nitrogens with zero attached hydrogens (tertiary/aromatic N) is 4. The lowest BCUT2D eigenvalue weighted by Crippen LogP contribution is -2.43. The number of likely N-dealkylation sites (tertiary alicyclic amines) is 1. The van der Waals surface area contributed by atoms with Gasteiger partial charge in [-0.1, -0.05) is 38.8 Å². The van der Waals surface area contributed by atoms with Crippen LogP contribution in [0.5, 0.6) is 0 Å². The maximum absolute atomic E-state index is 13.1. The second kappa shape index (κ2) is 10.9.